The van der Waals surface area contributed by atoms with Crippen molar-refractivity contribution in [3.63, 3.8) is 0 Å². The minimum Gasteiger partial charge on any atom is -0.332 e. The number of thiazole rings is 1. The standard InChI is InChI=1S/C18H15FN4OS/c1-23-9-12-8-11(2-7-15(12)22-18(23)24)16-10-25-17(21-16)20-14-5-3-13(19)4-6-14/h2-8,10H,9H2,1H3,(H,20,21)(H,22,24). The molecule has 0 bridgehead atoms. The van der Waals surface area contributed by atoms with Crippen LogP contribution in [0.5, 0.6) is 0 Å². The summed E-state index contributed by atoms with van der Waals surface area (Å²) in [6.07, 6.45) is 0. The fourth-order valence-corrected chi connectivity index (χ4v) is 3.40. The van der Waals surface area contributed by atoms with E-state index in [4.69, 9.17) is 0 Å². The van der Waals surface area contributed by atoms with Crippen LogP contribution in [0.1, 0.15) is 5.56 Å². The van der Waals surface area contributed by atoms with Crippen LogP contribution in [0.25, 0.3) is 11.3 Å². The van der Waals surface area contributed by atoms with E-state index in [2.05, 4.69) is 15.6 Å². The lowest BCUT2D eigenvalue weighted by molar-refractivity contribution is 0.218. The number of nitrogens with zero attached hydrogens (tertiary/aromatic N) is 2. The summed E-state index contributed by atoms with van der Waals surface area (Å²) in [4.78, 5) is 17.9. The van der Waals surface area contributed by atoms with E-state index in [-0.39, 0.29) is 11.8 Å². The van der Waals surface area contributed by atoms with E-state index in [0.29, 0.717) is 6.54 Å². The molecule has 2 amide bonds. The maximum atomic E-state index is 13.0. The van der Waals surface area contributed by atoms with Gasteiger partial charge in [-0.05, 0) is 42.0 Å². The Labute approximate surface area is 148 Å². The van der Waals surface area contributed by atoms with Crippen LogP contribution in [0.4, 0.5) is 25.7 Å². The lowest BCUT2D eigenvalue weighted by Crippen LogP contribution is -2.35. The van der Waals surface area contributed by atoms with Crippen molar-refractivity contribution in [1.29, 1.82) is 0 Å². The smallest absolute Gasteiger partial charge is 0.321 e. The van der Waals surface area contributed by atoms with Crippen LogP contribution < -0.4 is 10.6 Å². The fraction of sp³-hybridized carbons (Fsp3) is 0.111. The van der Waals surface area contributed by atoms with Gasteiger partial charge < -0.3 is 15.5 Å². The number of carbonyl (C=O) groups excluding carboxylic acids is 1. The SMILES string of the molecule is CN1Cc2cc(-c3csc(Nc4ccc(F)cc4)n3)ccc2NC1=O. The molecule has 0 unspecified atom stereocenters. The molecule has 5 nitrogen and oxygen atoms in total. The van der Waals surface area contributed by atoms with Crippen molar-refractivity contribution >= 4 is 33.9 Å². The molecular weight excluding hydrogens is 339 g/mol. The van der Waals surface area contributed by atoms with Crippen LogP contribution >= 0.6 is 11.3 Å². The summed E-state index contributed by atoms with van der Waals surface area (Å²) in [5.74, 6) is -0.267. The van der Waals surface area contributed by atoms with E-state index < -0.39 is 0 Å². The first-order valence-corrected chi connectivity index (χ1v) is 8.60. The molecule has 4 rings (SSSR count). The summed E-state index contributed by atoms with van der Waals surface area (Å²) in [6.45, 7) is 0.569. The first-order valence-electron chi connectivity index (χ1n) is 7.72. The number of amides is 2. The highest BCUT2D eigenvalue weighted by atomic mass is 32.1. The number of hydrogen-bond acceptors (Lipinski definition) is 4. The number of carbonyl (C=O) groups is 1. The largest absolute Gasteiger partial charge is 0.332 e. The minimum atomic E-state index is -0.267. The van der Waals surface area contributed by atoms with Crippen LogP contribution in [0.3, 0.4) is 0 Å². The van der Waals surface area contributed by atoms with E-state index >= 15 is 0 Å². The molecular formula is C18H15FN4OS. The first-order chi connectivity index (χ1) is 12.1. The Morgan fingerprint density at radius 1 is 1.24 bits per heavy atom. The Morgan fingerprint density at radius 3 is 2.84 bits per heavy atom. The zero-order valence-corrected chi connectivity index (χ0v) is 14.2. The van der Waals surface area contributed by atoms with E-state index in [9.17, 15) is 9.18 Å². The van der Waals surface area contributed by atoms with Crippen molar-refractivity contribution in [1.82, 2.24) is 9.88 Å². The summed E-state index contributed by atoms with van der Waals surface area (Å²) >= 11 is 1.49. The predicted octanol–water partition coefficient (Wildman–Crippen LogP) is 4.67. The second-order valence-corrected chi connectivity index (χ2v) is 6.69. The third-order valence-corrected chi connectivity index (χ3v) is 4.75. The second kappa shape index (κ2) is 6.18. The van der Waals surface area contributed by atoms with Crippen molar-refractivity contribution in [2.24, 2.45) is 0 Å². The fourth-order valence-electron chi connectivity index (χ4n) is 2.66. The number of hydrogen-bond donors (Lipinski definition) is 2. The number of halogens is 1. The van der Waals surface area contributed by atoms with Gasteiger partial charge in [-0.15, -0.1) is 11.3 Å². The lowest BCUT2D eigenvalue weighted by Gasteiger charge is -2.26. The lowest BCUT2D eigenvalue weighted by atomic mass is 10.0. The van der Waals surface area contributed by atoms with Gasteiger partial charge in [-0.25, -0.2) is 14.2 Å². The number of anilines is 3. The molecule has 0 saturated carbocycles. The molecule has 2 N–H and O–H groups in total. The van der Waals surface area contributed by atoms with E-state index in [0.717, 1.165) is 33.3 Å². The molecule has 7 heteroatoms. The molecule has 0 atom stereocenters. The third-order valence-electron chi connectivity index (χ3n) is 4.00. The van der Waals surface area contributed by atoms with E-state index in [1.807, 2.05) is 23.6 Å². The summed E-state index contributed by atoms with van der Waals surface area (Å²) in [6, 6.07) is 12.0. The van der Waals surface area contributed by atoms with Gasteiger partial charge in [0.1, 0.15) is 5.82 Å². The number of fused-ring (bicyclic) bond motifs is 1. The first kappa shape index (κ1) is 15.6. The topological polar surface area (TPSA) is 57.3 Å². The average Bonchev–Trinajstić information content (AvgIpc) is 3.06. The minimum absolute atomic E-state index is 0.0975. The molecule has 1 aromatic heterocycles. The normalized spacial score (nSPS) is 13.4. The van der Waals surface area contributed by atoms with Gasteiger partial charge in [0.05, 0.1) is 5.69 Å². The van der Waals surface area contributed by atoms with Crippen LogP contribution in [-0.4, -0.2) is 23.0 Å². The molecule has 1 aliphatic heterocycles. The molecule has 0 saturated heterocycles. The Bertz CT molecular complexity index is 939. The van der Waals surface area contributed by atoms with Crippen molar-refractivity contribution in [2.75, 3.05) is 17.7 Å². The molecule has 3 aromatic rings. The highest BCUT2D eigenvalue weighted by Crippen LogP contribution is 2.31. The van der Waals surface area contributed by atoms with Gasteiger partial charge in [0.25, 0.3) is 0 Å². The molecule has 0 fully saturated rings. The average molecular weight is 354 g/mol. The molecule has 2 heterocycles. The van der Waals surface area contributed by atoms with E-state index in [1.165, 1.54) is 23.5 Å². The van der Waals surface area contributed by atoms with Crippen LogP contribution in [0.2, 0.25) is 0 Å². The maximum Gasteiger partial charge on any atom is 0.321 e. The van der Waals surface area contributed by atoms with Crippen LogP contribution in [-0.2, 0) is 6.54 Å². The highest BCUT2D eigenvalue weighted by molar-refractivity contribution is 7.14. The van der Waals surface area contributed by atoms with Crippen LogP contribution in [0, 0.1) is 5.82 Å². The quantitative estimate of drug-likeness (QED) is 0.719. The summed E-state index contributed by atoms with van der Waals surface area (Å²) in [5.41, 5.74) is 4.54. The summed E-state index contributed by atoms with van der Waals surface area (Å²) in [7, 11) is 1.76. The molecule has 0 aliphatic carbocycles. The van der Waals surface area contributed by atoms with Gasteiger partial charge in [0, 0.05) is 35.9 Å². The van der Waals surface area contributed by atoms with Gasteiger partial charge >= 0.3 is 6.03 Å². The third kappa shape index (κ3) is 3.18. The number of rotatable bonds is 3. The molecule has 2 aromatic carbocycles. The zero-order valence-electron chi connectivity index (χ0n) is 13.4. The summed E-state index contributed by atoms with van der Waals surface area (Å²) in [5, 5.41) is 8.74. The molecule has 25 heavy (non-hydrogen) atoms. The van der Waals surface area contributed by atoms with Gasteiger partial charge in [-0.1, -0.05) is 6.07 Å². The molecule has 0 spiro atoms. The second-order valence-electron chi connectivity index (χ2n) is 5.83. The number of aromatic nitrogens is 1. The van der Waals surface area contributed by atoms with Crippen molar-refractivity contribution in [2.45, 2.75) is 6.54 Å². The Morgan fingerprint density at radius 2 is 2.04 bits per heavy atom. The van der Waals surface area contributed by atoms with E-state index in [1.54, 1.807) is 24.1 Å². The molecule has 1 aliphatic rings. The molecule has 0 radical (unpaired) electrons. The highest BCUT2D eigenvalue weighted by Gasteiger charge is 2.19. The molecule has 126 valence electrons. The Kier molecular flexibility index (Phi) is 3.85. The van der Waals surface area contributed by atoms with Gasteiger partial charge in [-0.3, -0.25) is 0 Å². The predicted molar refractivity (Wildman–Crippen MR) is 97.7 cm³/mol. The van der Waals surface area contributed by atoms with Crippen molar-refractivity contribution in [3.05, 3.63) is 59.2 Å². The van der Waals surface area contributed by atoms with Crippen LogP contribution in [0.15, 0.2) is 47.8 Å². The number of benzene rings is 2. The number of urea groups is 1. The summed E-state index contributed by atoms with van der Waals surface area (Å²) < 4.78 is 13.0. The monoisotopic (exact) mass is 354 g/mol. The maximum absolute atomic E-state index is 13.0. The van der Waals surface area contributed by atoms with Gasteiger partial charge in [0.2, 0.25) is 0 Å². The Balaban J connectivity index is 1.57. The van der Waals surface area contributed by atoms with Gasteiger partial charge in [0.15, 0.2) is 5.13 Å². The van der Waals surface area contributed by atoms with Gasteiger partial charge in [-0.2, -0.15) is 0 Å². The van der Waals surface area contributed by atoms with Crippen molar-refractivity contribution < 1.29 is 9.18 Å². The zero-order chi connectivity index (χ0) is 17.4. The van der Waals surface area contributed by atoms with Crippen molar-refractivity contribution in [3.8, 4) is 11.3 Å². The number of nitrogens with one attached hydrogen (secondary N) is 2. The Hall–Kier alpha value is -2.93.